The monoisotopic (exact) mass is 423 g/mol. The standard InChI is InChI=1S/C25H27F2N3O/c1-24(2)16-28-15-18-13-20(10-11-21(18)24)30-23(31)22-5-3-4-12-25(22,27)29-14-17-6-8-19(26)9-7-17/h3-13,22,28-29H,14-16H2,1-2H3,(H,30,31). The fraction of sp³-hybridized carbons (Fsp3) is 0.320. The number of benzene rings is 2. The molecule has 0 bridgehead atoms. The van der Waals surface area contributed by atoms with E-state index < -0.39 is 17.6 Å². The highest BCUT2D eigenvalue weighted by molar-refractivity contribution is 5.95. The molecule has 2 atom stereocenters. The summed E-state index contributed by atoms with van der Waals surface area (Å²) in [6.07, 6.45) is 6.14. The first kappa shape index (κ1) is 21.4. The molecule has 31 heavy (non-hydrogen) atoms. The molecular weight excluding hydrogens is 396 g/mol. The van der Waals surface area contributed by atoms with Gasteiger partial charge in [-0.2, -0.15) is 0 Å². The number of nitrogens with one attached hydrogen (secondary N) is 3. The second kappa shape index (κ2) is 8.36. The summed E-state index contributed by atoms with van der Waals surface area (Å²) in [7, 11) is 0. The van der Waals surface area contributed by atoms with Crippen molar-refractivity contribution in [3.05, 3.63) is 89.3 Å². The molecular formula is C25H27F2N3O. The number of hydrogen-bond acceptors (Lipinski definition) is 3. The van der Waals surface area contributed by atoms with E-state index in [0.717, 1.165) is 24.2 Å². The molecule has 2 unspecified atom stereocenters. The van der Waals surface area contributed by atoms with E-state index in [4.69, 9.17) is 0 Å². The molecule has 1 aliphatic carbocycles. The molecule has 0 spiro atoms. The Bertz CT molecular complexity index is 1030. The number of carbonyl (C=O) groups is 1. The van der Waals surface area contributed by atoms with Gasteiger partial charge in [-0.1, -0.05) is 50.3 Å². The third-order valence-electron chi connectivity index (χ3n) is 5.95. The largest absolute Gasteiger partial charge is 0.325 e. The molecule has 4 rings (SSSR count). The zero-order valence-electron chi connectivity index (χ0n) is 17.7. The number of rotatable bonds is 5. The highest BCUT2D eigenvalue weighted by Crippen LogP contribution is 2.32. The van der Waals surface area contributed by atoms with Crippen LogP contribution in [0.4, 0.5) is 14.5 Å². The second-order valence-electron chi connectivity index (χ2n) is 8.82. The quantitative estimate of drug-likeness (QED) is 0.627. The minimum absolute atomic E-state index is 0.0192. The van der Waals surface area contributed by atoms with Crippen LogP contribution in [-0.2, 0) is 23.3 Å². The maximum Gasteiger partial charge on any atom is 0.236 e. The van der Waals surface area contributed by atoms with Crippen molar-refractivity contribution in [3.63, 3.8) is 0 Å². The van der Waals surface area contributed by atoms with Crippen LogP contribution in [0.3, 0.4) is 0 Å². The number of hydrogen-bond donors (Lipinski definition) is 3. The number of carbonyl (C=O) groups excluding carboxylic acids is 1. The lowest BCUT2D eigenvalue weighted by Gasteiger charge is -2.34. The van der Waals surface area contributed by atoms with E-state index in [-0.39, 0.29) is 17.8 Å². The van der Waals surface area contributed by atoms with E-state index in [9.17, 15) is 9.18 Å². The van der Waals surface area contributed by atoms with E-state index >= 15 is 4.39 Å². The van der Waals surface area contributed by atoms with Crippen LogP contribution in [0.15, 0.2) is 66.8 Å². The maximum atomic E-state index is 15.7. The smallest absolute Gasteiger partial charge is 0.236 e. The molecule has 0 radical (unpaired) electrons. The molecule has 1 amide bonds. The van der Waals surface area contributed by atoms with Gasteiger partial charge in [0.2, 0.25) is 5.91 Å². The molecule has 3 N–H and O–H groups in total. The van der Waals surface area contributed by atoms with Crippen LogP contribution in [0.5, 0.6) is 0 Å². The van der Waals surface area contributed by atoms with Gasteiger partial charge in [0.1, 0.15) is 11.7 Å². The molecule has 2 aromatic carbocycles. The lowest BCUT2D eigenvalue weighted by atomic mass is 9.79. The highest BCUT2D eigenvalue weighted by Gasteiger charge is 2.41. The van der Waals surface area contributed by atoms with Crippen LogP contribution >= 0.6 is 0 Å². The fourth-order valence-corrected chi connectivity index (χ4v) is 4.20. The lowest BCUT2D eigenvalue weighted by molar-refractivity contribution is -0.122. The summed E-state index contributed by atoms with van der Waals surface area (Å²) in [5.74, 6) is -3.87. The Hall–Kier alpha value is -2.83. The van der Waals surface area contributed by atoms with Gasteiger partial charge in [-0.15, -0.1) is 0 Å². The van der Waals surface area contributed by atoms with Crippen LogP contribution in [0.25, 0.3) is 0 Å². The van der Waals surface area contributed by atoms with E-state index in [1.807, 2.05) is 18.2 Å². The average molecular weight is 424 g/mol. The summed E-state index contributed by atoms with van der Waals surface area (Å²) >= 11 is 0. The third-order valence-corrected chi connectivity index (χ3v) is 5.95. The Kier molecular flexibility index (Phi) is 5.77. The van der Waals surface area contributed by atoms with Gasteiger partial charge in [-0.25, -0.2) is 8.78 Å². The van der Waals surface area contributed by atoms with Crippen molar-refractivity contribution in [1.29, 1.82) is 0 Å². The van der Waals surface area contributed by atoms with Crippen molar-refractivity contribution in [2.24, 2.45) is 5.92 Å². The van der Waals surface area contributed by atoms with Gasteiger partial charge >= 0.3 is 0 Å². The number of halogens is 2. The highest BCUT2D eigenvalue weighted by atomic mass is 19.1. The minimum atomic E-state index is -2.05. The minimum Gasteiger partial charge on any atom is -0.325 e. The average Bonchev–Trinajstić information content (AvgIpc) is 2.73. The van der Waals surface area contributed by atoms with Crippen molar-refractivity contribution >= 4 is 11.6 Å². The molecule has 0 saturated carbocycles. The first-order valence-electron chi connectivity index (χ1n) is 10.5. The lowest BCUT2D eigenvalue weighted by Crippen LogP contribution is -2.50. The maximum absolute atomic E-state index is 15.7. The van der Waals surface area contributed by atoms with Gasteiger partial charge in [0, 0.05) is 30.7 Å². The summed E-state index contributed by atoms with van der Waals surface area (Å²) in [6.45, 7) is 6.16. The summed E-state index contributed by atoms with van der Waals surface area (Å²) in [5.41, 5.74) is 3.78. The Morgan fingerprint density at radius 3 is 2.71 bits per heavy atom. The summed E-state index contributed by atoms with van der Waals surface area (Å²) in [4.78, 5) is 13.0. The molecule has 0 fully saturated rings. The van der Waals surface area contributed by atoms with E-state index in [1.165, 1.54) is 23.8 Å². The first-order chi connectivity index (χ1) is 14.8. The summed E-state index contributed by atoms with van der Waals surface area (Å²) < 4.78 is 28.8. The normalized spacial score (nSPS) is 23.9. The van der Waals surface area contributed by atoms with Crippen LogP contribution in [0.2, 0.25) is 0 Å². The first-order valence-corrected chi connectivity index (χ1v) is 10.5. The molecule has 6 heteroatoms. The number of allylic oxidation sites excluding steroid dienone is 2. The third kappa shape index (κ3) is 4.60. The summed E-state index contributed by atoms with van der Waals surface area (Å²) in [5, 5.41) is 9.08. The van der Waals surface area contributed by atoms with Crippen LogP contribution in [0.1, 0.15) is 30.5 Å². The van der Waals surface area contributed by atoms with Gasteiger partial charge in [-0.05, 0) is 47.0 Å². The molecule has 4 nitrogen and oxygen atoms in total. The Labute approximate surface area is 181 Å². The van der Waals surface area contributed by atoms with Gasteiger partial charge in [-0.3, -0.25) is 10.1 Å². The Morgan fingerprint density at radius 2 is 1.94 bits per heavy atom. The molecule has 162 valence electrons. The van der Waals surface area contributed by atoms with Gasteiger partial charge < -0.3 is 10.6 Å². The van der Waals surface area contributed by atoms with Crippen molar-refractivity contribution < 1.29 is 13.6 Å². The predicted molar refractivity (Wildman–Crippen MR) is 119 cm³/mol. The van der Waals surface area contributed by atoms with Crippen molar-refractivity contribution in [2.75, 3.05) is 11.9 Å². The van der Waals surface area contributed by atoms with Gasteiger partial charge in [0.25, 0.3) is 0 Å². The molecule has 2 aromatic rings. The van der Waals surface area contributed by atoms with E-state index in [1.54, 1.807) is 30.4 Å². The van der Waals surface area contributed by atoms with Crippen molar-refractivity contribution in [1.82, 2.24) is 10.6 Å². The fourth-order valence-electron chi connectivity index (χ4n) is 4.20. The topological polar surface area (TPSA) is 53.2 Å². The van der Waals surface area contributed by atoms with Crippen LogP contribution < -0.4 is 16.0 Å². The van der Waals surface area contributed by atoms with Gasteiger partial charge in [0.05, 0.1) is 0 Å². The van der Waals surface area contributed by atoms with E-state index in [2.05, 4.69) is 29.8 Å². The molecule has 2 aliphatic rings. The summed E-state index contributed by atoms with van der Waals surface area (Å²) in [6, 6.07) is 11.7. The number of anilines is 1. The zero-order chi connectivity index (χ0) is 22.1. The van der Waals surface area contributed by atoms with Crippen molar-refractivity contribution in [2.45, 2.75) is 38.1 Å². The van der Waals surface area contributed by atoms with E-state index in [0.29, 0.717) is 5.69 Å². The van der Waals surface area contributed by atoms with Gasteiger partial charge in [0.15, 0.2) is 5.79 Å². The van der Waals surface area contributed by atoms with Crippen LogP contribution in [0, 0.1) is 11.7 Å². The zero-order valence-corrected chi connectivity index (χ0v) is 17.7. The Balaban J connectivity index is 1.48. The number of amides is 1. The molecule has 0 aromatic heterocycles. The molecule has 1 heterocycles. The molecule has 0 saturated heterocycles. The SMILES string of the molecule is CC1(C)CNCc2cc(NC(=O)C3C=CC=CC3(F)NCc3ccc(F)cc3)ccc21. The Morgan fingerprint density at radius 1 is 1.16 bits per heavy atom. The van der Waals surface area contributed by atoms with Crippen LogP contribution in [-0.4, -0.2) is 18.2 Å². The van der Waals surface area contributed by atoms with Crippen molar-refractivity contribution in [3.8, 4) is 0 Å². The molecule has 1 aliphatic heterocycles. The second-order valence-corrected chi connectivity index (χ2v) is 8.82. The number of fused-ring (bicyclic) bond motifs is 1. The number of alkyl halides is 1. The predicted octanol–water partition coefficient (Wildman–Crippen LogP) is 4.34.